The summed E-state index contributed by atoms with van der Waals surface area (Å²) in [6, 6.07) is 16.9. The van der Waals surface area contributed by atoms with Crippen LogP contribution in [0.2, 0.25) is 5.02 Å². The second-order valence-electron chi connectivity index (χ2n) is 7.64. The maximum absolute atomic E-state index is 12.9. The Labute approximate surface area is 222 Å². The number of hydrogen-bond donors (Lipinski definition) is 1. The van der Waals surface area contributed by atoms with Crippen molar-refractivity contribution in [1.82, 2.24) is 14.8 Å². The van der Waals surface area contributed by atoms with E-state index >= 15 is 0 Å². The van der Waals surface area contributed by atoms with Crippen LogP contribution in [0.3, 0.4) is 0 Å². The van der Waals surface area contributed by atoms with Crippen molar-refractivity contribution < 1.29 is 14.3 Å². The number of nitrogens with zero attached hydrogens (tertiary/aromatic N) is 3. The molecule has 0 unspecified atom stereocenters. The van der Waals surface area contributed by atoms with E-state index in [9.17, 15) is 9.59 Å². The molecule has 2 aromatic heterocycles. The van der Waals surface area contributed by atoms with Gasteiger partial charge in [0.25, 0.3) is 0 Å². The van der Waals surface area contributed by atoms with Gasteiger partial charge in [0.1, 0.15) is 10.6 Å². The molecule has 0 saturated carbocycles. The van der Waals surface area contributed by atoms with Crippen LogP contribution in [-0.4, -0.2) is 39.5 Å². The summed E-state index contributed by atoms with van der Waals surface area (Å²) in [6.45, 7) is 6.21. The minimum Gasteiger partial charge on any atom is -0.465 e. The molecule has 10 heteroatoms. The zero-order chi connectivity index (χ0) is 25.7. The number of esters is 1. The molecule has 2 heterocycles. The molecule has 0 aliphatic heterocycles. The summed E-state index contributed by atoms with van der Waals surface area (Å²) < 4.78 is 6.92. The molecule has 7 nitrogen and oxygen atoms in total. The Morgan fingerprint density at radius 3 is 2.53 bits per heavy atom. The van der Waals surface area contributed by atoms with Crippen molar-refractivity contribution in [3.8, 4) is 22.5 Å². The number of aromatic nitrogens is 3. The van der Waals surface area contributed by atoms with E-state index in [1.54, 1.807) is 18.2 Å². The van der Waals surface area contributed by atoms with E-state index in [-0.39, 0.29) is 11.7 Å². The zero-order valence-corrected chi connectivity index (χ0v) is 22.0. The summed E-state index contributed by atoms with van der Waals surface area (Å²) in [7, 11) is 1.33. The van der Waals surface area contributed by atoms with Crippen LogP contribution in [0.15, 0.2) is 72.4 Å². The molecule has 36 heavy (non-hydrogen) atoms. The highest BCUT2D eigenvalue weighted by atomic mass is 35.5. The Kier molecular flexibility index (Phi) is 8.25. The number of thiophene rings is 1. The molecule has 0 saturated heterocycles. The maximum atomic E-state index is 12.9. The molecule has 0 aliphatic carbocycles. The monoisotopic (exact) mass is 538 g/mol. The SMILES string of the molecule is C=CCn1c(SCC(=O)Nc2sc(C)c(-c3ccccc3)c2C(=O)OC)nnc1-c1ccc(Cl)cc1. The van der Waals surface area contributed by atoms with Crippen molar-refractivity contribution in [1.29, 1.82) is 0 Å². The number of ether oxygens (including phenoxy) is 1. The van der Waals surface area contributed by atoms with Gasteiger partial charge in [-0.2, -0.15) is 0 Å². The van der Waals surface area contributed by atoms with Crippen molar-refractivity contribution in [2.45, 2.75) is 18.6 Å². The third kappa shape index (κ3) is 5.53. The van der Waals surface area contributed by atoms with Crippen molar-refractivity contribution in [3.05, 3.63) is 82.7 Å². The molecule has 0 aliphatic rings. The van der Waals surface area contributed by atoms with Crippen LogP contribution in [-0.2, 0) is 16.1 Å². The highest BCUT2D eigenvalue weighted by molar-refractivity contribution is 7.99. The van der Waals surface area contributed by atoms with E-state index in [1.165, 1.54) is 30.2 Å². The largest absolute Gasteiger partial charge is 0.465 e. The van der Waals surface area contributed by atoms with E-state index < -0.39 is 5.97 Å². The fraction of sp³-hybridized carbons (Fsp3) is 0.154. The number of carbonyl (C=O) groups is 2. The quantitative estimate of drug-likeness (QED) is 0.152. The molecule has 4 rings (SSSR count). The Morgan fingerprint density at radius 2 is 1.86 bits per heavy atom. The minimum absolute atomic E-state index is 0.0775. The Balaban J connectivity index is 1.54. The van der Waals surface area contributed by atoms with Crippen LogP contribution in [0.1, 0.15) is 15.2 Å². The summed E-state index contributed by atoms with van der Waals surface area (Å²) >= 11 is 8.60. The van der Waals surface area contributed by atoms with E-state index in [1.807, 2.05) is 54.0 Å². The normalized spacial score (nSPS) is 10.8. The number of methoxy groups -OCH3 is 1. The smallest absolute Gasteiger partial charge is 0.341 e. The van der Waals surface area contributed by atoms with Gasteiger partial charge >= 0.3 is 5.97 Å². The molecule has 2 aromatic carbocycles. The minimum atomic E-state index is -0.500. The van der Waals surface area contributed by atoms with Crippen LogP contribution in [0.5, 0.6) is 0 Å². The van der Waals surface area contributed by atoms with Gasteiger partial charge in [-0.15, -0.1) is 28.1 Å². The molecule has 1 N–H and O–H groups in total. The molecule has 0 radical (unpaired) electrons. The van der Waals surface area contributed by atoms with Gasteiger partial charge in [-0.1, -0.05) is 59.8 Å². The first-order chi connectivity index (χ1) is 17.4. The predicted molar refractivity (Wildman–Crippen MR) is 146 cm³/mol. The average Bonchev–Trinajstić information content (AvgIpc) is 3.43. The van der Waals surface area contributed by atoms with Crippen molar-refractivity contribution in [3.63, 3.8) is 0 Å². The van der Waals surface area contributed by atoms with Gasteiger partial charge in [-0.05, 0) is 36.8 Å². The van der Waals surface area contributed by atoms with E-state index in [4.69, 9.17) is 16.3 Å². The average molecular weight is 539 g/mol. The fourth-order valence-electron chi connectivity index (χ4n) is 3.68. The predicted octanol–water partition coefficient (Wildman–Crippen LogP) is 6.34. The standard InChI is InChI=1S/C26H23ClN4O3S2/c1-4-14-31-23(18-10-12-19(27)13-11-18)29-30-26(31)35-15-20(32)28-24-22(25(33)34-3)21(16(2)36-24)17-8-6-5-7-9-17/h4-13H,1,14-15H2,2-3H3,(H,28,32). The van der Waals surface area contributed by atoms with Gasteiger partial charge in [0, 0.05) is 27.6 Å². The van der Waals surface area contributed by atoms with E-state index in [0.29, 0.717) is 33.1 Å². The van der Waals surface area contributed by atoms with E-state index in [2.05, 4.69) is 22.1 Å². The van der Waals surface area contributed by atoms with Crippen LogP contribution in [0.4, 0.5) is 5.00 Å². The number of aryl methyl sites for hydroxylation is 1. The number of rotatable bonds is 9. The molecule has 0 spiro atoms. The first kappa shape index (κ1) is 25.7. The number of allylic oxidation sites excluding steroid dienone is 1. The molecule has 184 valence electrons. The molecule has 0 atom stereocenters. The van der Waals surface area contributed by atoms with Crippen LogP contribution in [0.25, 0.3) is 22.5 Å². The topological polar surface area (TPSA) is 86.1 Å². The lowest BCUT2D eigenvalue weighted by atomic mass is 10.0. The Morgan fingerprint density at radius 1 is 1.14 bits per heavy atom. The van der Waals surface area contributed by atoms with Gasteiger partial charge in [0.2, 0.25) is 5.91 Å². The Bertz CT molecular complexity index is 1400. The highest BCUT2D eigenvalue weighted by Gasteiger charge is 2.25. The molecule has 4 aromatic rings. The number of thioether (sulfide) groups is 1. The van der Waals surface area contributed by atoms with Gasteiger partial charge in [-0.25, -0.2) is 4.79 Å². The van der Waals surface area contributed by atoms with Crippen molar-refractivity contribution in [2.24, 2.45) is 0 Å². The number of amides is 1. The molecular weight excluding hydrogens is 516 g/mol. The summed E-state index contributed by atoms with van der Waals surface area (Å²) in [5, 5.41) is 13.1. The van der Waals surface area contributed by atoms with Crippen LogP contribution in [0, 0.1) is 6.92 Å². The van der Waals surface area contributed by atoms with Crippen LogP contribution >= 0.6 is 34.7 Å². The summed E-state index contributed by atoms with van der Waals surface area (Å²) in [5.74, 6) is -0.0377. The maximum Gasteiger partial charge on any atom is 0.341 e. The highest BCUT2D eigenvalue weighted by Crippen LogP contribution is 2.40. The lowest BCUT2D eigenvalue weighted by Crippen LogP contribution is -2.16. The van der Waals surface area contributed by atoms with Gasteiger partial charge in [0.15, 0.2) is 11.0 Å². The second-order valence-corrected chi connectivity index (χ2v) is 10.2. The van der Waals surface area contributed by atoms with E-state index in [0.717, 1.165) is 21.6 Å². The second kappa shape index (κ2) is 11.6. The van der Waals surface area contributed by atoms with Gasteiger partial charge in [-0.3, -0.25) is 9.36 Å². The van der Waals surface area contributed by atoms with Crippen molar-refractivity contribution >= 4 is 51.6 Å². The third-order valence-electron chi connectivity index (χ3n) is 5.25. The fourth-order valence-corrected chi connectivity index (χ4v) is 5.63. The number of nitrogens with one attached hydrogen (secondary N) is 1. The number of anilines is 1. The lowest BCUT2D eigenvalue weighted by molar-refractivity contribution is -0.113. The number of halogens is 1. The first-order valence-corrected chi connectivity index (χ1v) is 13.1. The summed E-state index contributed by atoms with van der Waals surface area (Å²) in [5.41, 5.74) is 2.85. The molecule has 1 amide bonds. The van der Waals surface area contributed by atoms with Crippen LogP contribution < -0.4 is 5.32 Å². The van der Waals surface area contributed by atoms with Gasteiger partial charge < -0.3 is 10.1 Å². The molecular formula is C26H23ClN4O3S2. The number of benzene rings is 2. The number of hydrogen-bond acceptors (Lipinski definition) is 7. The third-order valence-corrected chi connectivity index (χ3v) is 7.49. The molecule has 0 bridgehead atoms. The summed E-state index contributed by atoms with van der Waals surface area (Å²) in [6.07, 6.45) is 1.75. The lowest BCUT2D eigenvalue weighted by Gasteiger charge is -2.09. The Hall–Kier alpha value is -3.40. The number of carbonyl (C=O) groups excluding carboxylic acids is 2. The molecule has 0 fully saturated rings. The van der Waals surface area contributed by atoms with Gasteiger partial charge in [0.05, 0.1) is 12.9 Å². The van der Waals surface area contributed by atoms with Crippen molar-refractivity contribution in [2.75, 3.05) is 18.2 Å². The first-order valence-electron chi connectivity index (χ1n) is 10.9. The zero-order valence-electron chi connectivity index (χ0n) is 19.7. The summed E-state index contributed by atoms with van der Waals surface area (Å²) in [4.78, 5) is 26.5.